The van der Waals surface area contributed by atoms with Gasteiger partial charge >= 0.3 is 0 Å². The van der Waals surface area contributed by atoms with E-state index in [-0.39, 0.29) is 6.04 Å². The van der Waals surface area contributed by atoms with Gasteiger partial charge < -0.3 is 9.47 Å². The molecule has 1 unspecified atom stereocenters. The van der Waals surface area contributed by atoms with Crippen LogP contribution in [0.2, 0.25) is 0 Å². The number of aromatic nitrogens is 1. The Hall–Kier alpha value is -1.63. The van der Waals surface area contributed by atoms with E-state index in [1.165, 1.54) is 0 Å². The number of hydrogen-bond acceptors (Lipinski definition) is 5. The molecule has 1 atom stereocenters. The zero-order valence-corrected chi connectivity index (χ0v) is 13.8. The van der Waals surface area contributed by atoms with Crippen LogP contribution < -0.4 is 20.7 Å². The maximum Gasteiger partial charge on any atom is 0.142 e. The van der Waals surface area contributed by atoms with Crippen molar-refractivity contribution in [1.82, 2.24) is 10.4 Å². The van der Waals surface area contributed by atoms with E-state index in [1.807, 2.05) is 37.3 Å². The van der Waals surface area contributed by atoms with Gasteiger partial charge in [-0.3, -0.25) is 10.8 Å². The molecule has 0 aliphatic heterocycles. The Labute approximate surface area is 132 Å². The van der Waals surface area contributed by atoms with E-state index < -0.39 is 0 Å². The number of benzene rings is 1. The Morgan fingerprint density at radius 1 is 1.19 bits per heavy atom. The van der Waals surface area contributed by atoms with Gasteiger partial charge in [0.25, 0.3) is 0 Å². The van der Waals surface area contributed by atoms with Crippen LogP contribution in [0, 0.1) is 6.92 Å². The average molecular weight is 352 g/mol. The van der Waals surface area contributed by atoms with Crippen molar-refractivity contribution in [3.8, 4) is 11.5 Å². The van der Waals surface area contributed by atoms with Crippen LogP contribution in [-0.4, -0.2) is 19.2 Å². The van der Waals surface area contributed by atoms with E-state index in [0.717, 1.165) is 21.4 Å². The van der Waals surface area contributed by atoms with E-state index in [1.54, 1.807) is 14.2 Å². The molecule has 21 heavy (non-hydrogen) atoms. The Kier molecular flexibility index (Phi) is 5.17. The van der Waals surface area contributed by atoms with E-state index in [4.69, 9.17) is 15.3 Å². The fraction of sp³-hybridized carbons (Fsp3) is 0.267. The summed E-state index contributed by atoms with van der Waals surface area (Å²) in [6, 6.07) is 9.32. The van der Waals surface area contributed by atoms with Gasteiger partial charge in [-0.2, -0.15) is 0 Å². The largest absolute Gasteiger partial charge is 0.495 e. The number of nitrogens with zero attached hydrogens (tertiary/aromatic N) is 1. The number of aryl methyl sites for hydroxylation is 1. The van der Waals surface area contributed by atoms with Crippen LogP contribution in [-0.2, 0) is 0 Å². The van der Waals surface area contributed by atoms with Gasteiger partial charge in [-0.15, -0.1) is 0 Å². The molecular formula is C15H18BrN3O2. The van der Waals surface area contributed by atoms with Crippen molar-refractivity contribution in [1.29, 1.82) is 0 Å². The molecule has 5 nitrogen and oxygen atoms in total. The molecule has 2 rings (SSSR count). The summed E-state index contributed by atoms with van der Waals surface area (Å²) >= 11 is 3.50. The van der Waals surface area contributed by atoms with Gasteiger partial charge in [-0.1, -0.05) is 6.07 Å². The van der Waals surface area contributed by atoms with Gasteiger partial charge in [0.05, 0.1) is 26.0 Å². The summed E-state index contributed by atoms with van der Waals surface area (Å²) in [6.45, 7) is 1.94. The standard InChI is InChI=1S/C15H18BrN3O2/c1-9-5-4-6-11(18-9)14(19-17)10-7-8-12(20-2)13(16)15(10)21-3/h4-8,14,19H,17H2,1-3H3. The summed E-state index contributed by atoms with van der Waals surface area (Å²) in [4.78, 5) is 4.52. The number of nitrogens with two attached hydrogens (primary N) is 1. The van der Waals surface area contributed by atoms with Crippen LogP contribution in [0.15, 0.2) is 34.8 Å². The molecule has 0 aliphatic rings. The lowest BCUT2D eigenvalue weighted by molar-refractivity contribution is 0.382. The highest BCUT2D eigenvalue weighted by atomic mass is 79.9. The molecule has 0 aliphatic carbocycles. The zero-order chi connectivity index (χ0) is 15.4. The van der Waals surface area contributed by atoms with Crippen LogP contribution in [0.1, 0.15) is 23.0 Å². The Bertz CT molecular complexity index is 634. The second kappa shape index (κ2) is 6.89. The lowest BCUT2D eigenvalue weighted by Gasteiger charge is -2.21. The molecule has 0 bridgehead atoms. The first kappa shape index (κ1) is 15.8. The van der Waals surface area contributed by atoms with Crippen LogP contribution in [0.3, 0.4) is 0 Å². The monoisotopic (exact) mass is 351 g/mol. The van der Waals surface area contributed by atoms with Gasteiger partial charge in [0, 0.05) is 11.3 Å². The first-order chi connectivity index (χ1) is 10.1. The van der Waals surface area contributed by atoms with E-state index >= 15 is 0 Å². The van der Waals surface area contributed by atoms with Gasteiger partial charge in [-0.25, -0.2) is 5.43 Å². The molecule has 1 heterocycles. The van der Waals surface area contributed by atoms with Crippen LogP contribution in [0.25, 0.3) is 0 Å². The maximum atomic E-state index is 5.74. The first-order valence-corrected chi connectivity index (χ1v) is 7.21. The van der Waals surface area contributed by atoms with Crippen molar-refractivity contribution in [2.75, 3.05) is 14.2 Å². The Balaban J connectivity index is 2.55. The van der Waals surface area contributed by atoms with Crippen molar-refractivity contribution < 1.29 is 9.47 Å². The number of rotatable bonds is 5. The molecule has 3 N–H and O–H groups in total. The fourth-order valence-corrected chi connectivity index (χ4v) is 2.89. The topological polar surface area (TPSA) is 69.4 Å². The average Bonchev–Trinajstić information content (AvgIpc) is 2.48. The predicted molar refractivity (Wildman–Crippen MR) is 85.4 cm³/mol. The molecule has 0 saturated carbocycles. The number of hydrogen-bond donors (Lipinski definition) is 2. The van der Waals surface area contributed by atoms with Crippen LogP contribution >= 0.6 is 15.9 Å². The molecule has 1 aromatic heterocycles. The number of nitrogens with one attached hydrogen (secondary N) is 1. The van der Waals surface area contributed by atoms with Crippen LogP contribution in [0.4, 0.5) is 0 Å². The molecule has 1 aromatic carbocycles. The third kappa shape index (κ3) is 3.18. The summed E-state index contributed by atoms with van der Waals surface area (Å²) in [5.74, 6) is 7.10. The highest BCUT2D eigenvalue weighted by molar-refractivity contribution is 9.10. The van der Waals surface area contributed by atoms with Gasteiger partial charge in [-0.05, 0) is 47.1 Å². The van der Waals surface area contributed by atoms with Crippen molar-refractivity contribution in [2.24, 2.45) is 5.84 Å². The van der Waals surface area contributed by atoms with E-state index in [2.05, 4.69) is 26.3 Å². The summed E-state index contributed by atoms with van der Waals surface area (Å²) in [5, 5.41) is 0. The minimum absolute atomic E-state index is 0.276. The van der Waals surface area contributed by atoms with E-state index in [9.17, 15) is 0 Å². The molecule has 6 heteroatoms. The smallest absolute Gasteiger partial charge is 0.142 e. The summed E-state index contributed by atoms with van der Waals surface area (Å²) < 4.78 is 11.5. The van der Waals surface area contributed by atoms with Crippen molar-refractivity contribution in [3.63, 3.8) is 0 Å². The number of hydrazine groups is 1. The van der Waals surface area contributed by atoms with Crippen molar-refractivity contribution in [2.45, 2.75) is 13.0 Å². The minimum Gasteiger partial charge on any atom is -0.495 e. The summed E-state index contributed by atoms with van der Waals surface area (Å²) in [5.41, 5.74) is 5.43. The fourth-order valence-electron chi connectivity index (χ4n) is 2.20. The van der Waals surface area contributed by atoms with E-state index in [0.29, 0.717) is 11.5 Å². The highest BCUT2D eigenvalue weighted by Crippen LogP contribution is 2.40. The lowest BCUT2D eigenvalue weighted by atomic mass is 10.0. The number of pyridine rings is 1. The van der Waals surface area contributed by atoms with Crippen molar-refractivity contribution >= 4 is 15.9 Å². The van der Waals surface area contributed by atoms with Crippen LogP contribution in [0.5, 0.6) is 11.5 Å². The number of methoxy groups -OCH3 is 2. The minimum atomic E-state index is -0.276. The maximum absolute atomic E-state index is 5.74. The van der Waals surface area contributed by atoms with Gasteiger partial charge in [0.15, 0.2) is 0 Å². The SMILES string of the molecule is COc1ccc(C(NN)c2cccc(C)n2)c(OC)c1Br. The Morgan fingerprint density at radius 3 is 2.52 bits per heavy atom. The quantitative estimate of drug-likeness (QED) is 0.640. The second-order valence-electron chi connectivity index (χ2n) is 4.51. The molecule has 112 valence electrons. The highest BCUT2D eigenvalue weighted by Gasteiger charge is 2.22. The molecule has 0 fully saturated rings. The van der Waals surface area contributed by atoms with Gasteiger partial charge in [0.2, 0.25) is 0 Å². The number of halogens is 1. The summed E-state index contributed by atoms with van der Waals surface area (Å²) in [7, 11) is 3.22. The molecule has 0 spiro atoms. The second-order valence-corrected chi connectivity index (χ2v) is 5.30. The zero-order valence-electron chi connectivity index (χ0n) is 12.2. The van der Waals surface area contributed by atoms with Gasteiger partial charge in [0.1, 0.15) is 16.0 Å². The summed E-state index contributed by atoms with van der Waals surface area (Å²) in [6.07, 6.45) is 0. The first-order valence-electron chi connectivity index (χ1n) is 6.42. The molecule has 2 aromatic rings. The molecule has 0 radical (unpaired) electrons. The molecule has 0 saturated heterocycles. The lowest BCUT2D eigenvalue weighted by Crippen LogP contribution is -2.30. The Morgan fingerprint density at radius 2 is 1.95 bits per heavy atom. The number of ether oxygens (including phenoxy) is 2. The third-order valence-electron chi connectivity index (χ3n) is 3.20. The predicted octanol–water partition coefficient (Wildman–Crippen LogP) is 2.72. The normalized spacial score (nSPS) is 12.0. The third-order valence-corrected chi connectivity index (χ3v) is 3.95. The molecular weight excluding hydrogens is 334 g/mol. The molecule has 0 amide bonds. The van der Waals surface area contributed by atoms with Crippen molar-refractivity contribution in [3.05, 3.63) is 51.8 Å².